The van der Waals surface area contributed by atoms with E-state index in [4.69, 9.17) is 0 Å². The van der Waals surface area contributed by atoms with Crippen LogP contribution in [0.15, 0.2) is 48.5 Å². The summed E-state index contributed by atoms with van der Waals surface area (Å²) in [5, 5.41) is 1.12. The molecule has 0 atom stereocenters. The minimum Gasteiger partial charge on any atom is -0.233 e. The molecule has 0 N–H and O–H groups in total. The van der Waals surface area contributed by atoms with Gasteiger partial charge in [0.2, 0.25) is 0 Å². The molecule has 0 saturated carbocycles. The highest BCUT2D eigenvalue weighted by Gasteiger charge is 2.07. The molecule has 22 heavy (non-hydrogen) atoms. The van der Waals surface area contributed by atoms with Gasteiger partial charge in [-0.3, -0.25) is 0 Å². The topological polar surface area (TPSA) is 25.8 Å². The molecule has 0 saturated heterocycles. The largest absolute Gasteiger partial charge is 0.233 e. The zero-order valence-corrected chi connectivity index (χ0v) is 14.5. The highest BCUT2D eigenvalue weighted by molar-refractivity contribution is 5.82. The molecular weight excluding hydrogens is 268 g/mol. The van der Waals surface area contributed by atoms with Gasteiger partial charge in [0.05, 0.1) is 5.52 Å². The molecule has 2 aromatic carbocycles. The van der Waals surface area contributed by atoms with E-state index in [0.717, 1.165) is 28.0 Å². The molecule has 0 aliphatic carbocycles. The number of hydrogen-bond donors (Lipinski definition) is 0. The molecular formula is C20H26N2. The van der Waals surface area contributed by atoms with Gasteiger partial charge in [-0.25, -0.2) is 9.97 Å². The second-order valence-electron chi connectivity index (χ2n) is 4.46. The number of hydrogen-bond acceptors (Lipinski definition) is 2. The highest BCUT2D eigenvalue weighted by Crippen LogP contribution is 2.23. The van der Waals surface area contributed by atoms with Crippen molar-refractivity contribution >= 4 is 10.9 Å². The van der Waals surface area contributed by atoms with Crippen LogP contribution in [0.1, 0.15) is 39.0 Å². The van der Waals surface area contributed by atoms with Crippen molar-refractivity contribution in [1.82, 2.24) is 9.97 Å². The van der Waals surface area contributed by atoms with Gasteiger partial charge in [-0.2, -0.15) is 0 Å². The van der Waals surface area contributed by atoms with Gasteiger partial charge in [-0.1, -0.05) is 70.2 Å². The number of benzene rings is 2. The van der Waals surface area contributed by atoms with Crippen molar-refractivity contribution in [2.45, 2.75) is 41.5 Å². The molecule has 2 heteroatoms. The molecule has 0 unspecified atom stereocenters. The zero-order chi connectivity index (χ0) is 16.5. The molecule has 0 radical (unpaired) electrons. The lowest BCUT2D eigenvalue weighted by molar-refractivity contribution is 1.15. The quantitative estimate of drug-likeness (QED) is 0.553. The number of nitrogens with zero attached hydrogens (tertiary/aromatic N) is 2. The van der Waals surface area contributed by atoms with E-state index < -0.39 is 0 Å². The Labute approximate surface area is 134 Å². The van der Waals surface area contributed by atoms with Crippen LogP contribution in [0.3, 0.4) is 0 Å². The first-order chi connectivity index (χ1) is 10.8. The van der Waals surface area contributed by atoms with Crippen molar-refractivity contribution in [3.63, 3.8) is 0 Å². The SMILES string of the molecule is CC.CC.Cc1ccccc1-c1nc(C)c2ccccc2n1. The Bertz CT molecular complexity index is 718. The summed E-state index contributed by atoms with van der Waals surface area (Å²) in [6, 6.07) is 16.3. The van der Waals surface area contributed by atoms with Crippen molar-refractivity contribution in [2.75, 3.05) is 0 Å². The summed E-state index contributed by atoms with van der Waals surface area (Å²) in [5.41, 5.74) is 4.33. The maximum absolute atomic E-state index is 4.66. The Hall–Kier alpha value is -2.22. The lowest BCUT2D eigenvalue weighted by atomic mass is 10.1. The van der Waals surface area contributed by atoms with Crippen LogP contribution in [-0.2, 0) is 0 Å². The lowest BCUT2D eigenvalue weighted by Gasteiger charge is -2.07. The van der Waals surface area contributed by atoms with Crippen LogP contribution >= 0.6 is 0 Å². The van der Waals surface area contributed by atoms with Crippen LogP contribution in [0.25, 0.3) is 22.3 Å². The van der Waals surface area contributed by atoms with Crippen LogP contribution in [0.2, 0.25) is 0 Å². The summed E-state index contributed by atoms with van der Waals surface area (Å²) in [6.45, 7) is 12.1. The molecule has 3 aromatic rings. The van der Waals surface area contributed by atoms with Gasteiger partial charge < -0.3 is 0 Å². The first-order valence-corrected chi connectivity index (χ1v) is 8.05. The Morgan fingerprint density at radius 1 is 0.682 bits per heavy atom. The average molecular weight is 294 g/mol. The van der Waals surface area contributed by atoms with E-state index in [1.54, 1.807) is 0 Å². The van der Waals surface area contributed by atoms with Gasteiger partial charge in [0, 0.05) is 16.6 Å². The fourth-order valence-corrected chi connectivity index (χ4v) is 2.18. The Kier molecular flexibility index (Phi) is 7.24. The number of para-hydroxylation sites is 1. The standard InChI is InChI=1S/C16H14N2.2C2H6/c1-11-7-3-4-8-13(11)16-17-12(2)14-9-5-6-10-15(14)18-16;2*1-2/h3-10H,1-2H3;2*1-2H3. The van der Waals surface area contributed by atoms with Crippen LogP contribution in [0.4, 0.5) is 0 Å². The number of rotatable bonds is 1. The van der Waals surface area contributed by atoms with Crippen LogP contribution in [0, 0.1) is 13.8 Å². The third kappa shape index (κ3) is 3.91. The van der Waals surface area contributed by atoms with E-state index in [0.29, 0.717) is 0 Å². The van der Waals surface area contributed by atoms with E-state index in [-0.39, 0.29) is 0 Å². The summed E-state index contributed by atoms with van der Waals surface area (Å²) in [5.74, 6) is 0.810. The molecule has 2 nitrogen and oxygen atoms in total. The number of fused-ring (bicyclic) bond motifs is 1. The maximum Gasteiger partial charge on any atom is 0.160 e. The summed E-state index contributed by atoms with van der Waals surface area (Å²) in [6.07, 6.45) is 0. The van der Waals surface area contributed by atoms with Crippen molar-refractivity contribution in [3.8, 4) is 11.4 Å². The fourth-order valence-electron chi connectivity index (χ4n) is 2.18. The van der Waals surface area contributed by atoms with Gasteiger partial charge in [0.15, 0.2) is 5.82 Å². The van der Waals surface area contributed by atoms with Gasteiger partial charge in [-0.05, 0) is 25.5 Å². The van der Waals surface area contributed by atoms with Gasteiger partial charge in [0.25, 0.3) is 0 Å². The maximum atomic E-state index is 4.66. The van der Waals surface area contributed by atoms with Crippen molar-refractivity contribution in [2.24, 2.45) is 0 Å². The van der Waals surface area contributed by atoms with Gasteiger partial charge in [0.1, 0.15) is 0 Å². The first kappa shape index (κ1) is 17.8. The lowest BCUT2D eigenvalue weighted by Crippen LogP contribution is -1.95. The van der Waals surface area contributed by atoms with Gasteiger partial charge >= 0.3 is 0 Å². The van der Waals surface area contributed by atoms with E-state index in [9.17, 15) is 0 Å². The predicted octanol–water partition coefficient (Wildman–Crippen LogP) is 5.97. The second kappa shape index (κ2) is 8.93. The molecule has 0 aliphatic heterocycles. The minimum atomic E-state index is 0.810. The molecule has 1 heterocycles. The monoisotopic (exact) mass is 294 g/mol. The third-order valence-corrected chi connectivity index (χ3v) is 3.18. The predicted molar refractivity (Wildman–Crippen MR) is 97.1 cm³/mol. The normalized spacial score (nSPS) is 9.36. The van der Waals surface area contributed by atoms with Crippen LogP contribution in [-0.4, -0.2) is 9.97 Å². The smallest absolute Gasteiger partial charge is 0.160 e. The Balaban J connectivity index is 0.000000561. The molecule has 0 aliphatic rings. The van der Waals surface area contributed by atoms with E-state index in [1.807, 2.05) is 65.0 Å². The minimum absolute atomic E-state index is 0.810. The molecule has 0 spiro atoms. The van der Waals surface area contributed by atoms with E-state index in [2.05, 4.69) is 35.1 Å². The average Bonchev–Trinajstić information content (AvgIpc) is 2.59. The molecule has 116 valence electrons. The van der Waals surface area contributed by atoms with E-state index in [1.165, 1.54) is 5.56 Å². The second-order valence-corrected chi connectivity index (χ2v) is 4.46. The van der Waals surface area contributed by atoms with Gasteiger partial charge in [-0.15, -0.1) is 0 Å². The summed E-state index contributed by atoms with van der Waals surface area (Å²) in [7, 11) is 0. The summed E-state index contributed by atoms with van der Waals surface area (Å²) >= 11 is 0. The molecule has 0 amide bonds. The van der Waals surface area contributed by atoms with Crippen molar-refractivity contribution in [3.05, 3.63) is 59.8 Å². The third-order valence-electron chi connectivity index (χ3n) is 3.18. The Morgan fingerprint density at radius 3 is 1.95 bits per heavy atom. The number of aromatic nitrogens is 2. The summed E-state index contributed by atoms with van der Waals surface area (Å²) < 4.78 is 0. The zero-order valence-electron chi connectivity index (χ0n) is 14.5. The van der Waals surface area contributed by atoms with E-state index >= 15 is 0 Å². The molecule has 0 bridgehead atoms. The summed E-state index contributed by atoms with van der Waals surface area (Å²) in [4.78, 5) is 9.28. The van der Waals surface area contributed by atoms with Crippen molar-refractivity contribution in [1.29, 1.82) is 0 Å². The van der Waals surface area contributed by atoms with Crippen LogP contribution < -0.4 is 0 Å². The van der Waals surface area contributed by atoms with Crippen molar-refractivity contribution < 1.29 is 0 Å². The Morgan fingerprint density at radius 2 is 1.27 bits per heavy atom. The van der Waals surface area contributed by atoms with Crippen LogP contribution in [0.5, 0.6) is 0 Å². The molecule has 0 fully saturated rings. The number of aryl methyl sites for hydroxylation is 2. The molecule has 1 aromatic heterocycles. The fraction of sp³-hybridized carbons (Fsp3) is 0.300. The molecule has 3 rings (SSSR count). The highest BCUT2D eigenvalue weighted by atomic mass is 14.9. The first-order valence-electron chi connectivity index (χ1n) is 8.05.